The SMILES string of the molecule is CCN1CCC[C@H]1[C@H]1CCCN1C(=O)c1nc2nc(C)cc(C)n2n1. The van der Waals surface area contributed by atoms with Gasteiger partial charge in [0.15, 0.2) is 0 Å². The van der Waals surface area contributed by atoms with Crippen LogP contribution in [0, 0.1) is 13.8 Å². The molecule has 0 spiro atoms. The Kier molecular flexibility index (Phi) is 4.19. The standard InChI is InChI=1S/C18H26N6O/c1-4-22-9-5-7-14(22)15-8-6-10-23(15)17(25)16-20-18-19-12(2)11-13(3)24(18)21-16/h11,14-15H,4-10H2,1-3H3/t14-,15+/m0/s1. The minimum Gasteiger partial charge on any atom is -0.331 e. The molecule has 2 aromatic rings. The molecule has 2 saturated heterocycles. The molecule has 4 heterocycles. The van der Waals surface area contributed by atoms with Crippen molar-refractivity contribution in [1.29, 1.82) is 0 Å². The first-order chi connectivity index (χ1) is 12.1. The molecule has 2 atom stereocenters. The lowest BCUT2D eigenvalue weighted by molar-refractivity contribution is 0.0638. The average Bonchev–Trinajstić information content (AvgIpc) is 3.31. The van der Waals surface area contributed by atoms with Crippen LogP contribution in [-0.2, 0) is 0 Å². The number of aromatic nitrogens is 4. The van der Waals surface area contributed by atoms with Gasteiger partial charge in [0.05, 0.1) is 0 Å². The molecule has 0 saturated carbocycles. The topological polar surface area (TPSA) is 66.6 Å². The van der Waals surface area contributed by atoms with E-state index in [9.17, 15) is 4.79 Å². The summed E-state index contributed by atoms with van der Waals surface area (Å²) < 4.78 is 1.67. The summed E-state index contributed by atoms with van der Waals surface area (Å²) in [5.74, 6) is 0.731. The molecule has 2 fully saturated rings. The Morgan fingerprint density at radius 1 is 1.16 bits per heavy atom. The molecule has 2 aromatic heterocycles. The second-order valence-corrected chi connectivity index (χ2v) is 7.23. The quantitative estimate of drug-likeness (QED) is 0.851. The Hall–Kier alpha value is -2.02. The van der Waals surface area contributed by atoms with Gasteiger partial charge < -0.3 is 4.90 Å². The minimum atomic E-state index is -0.0481. The van der Waals surface area contributed by atoms with Crippen LogP contribution >= 0.6 is 0 Å². The molecule has 0 aromatic carbocycles. The maximum atomic E-state index is 13.1. The first kappa shape index (κ1) is 16.4. The lowest BCUT2D eigenvalue weighted by Crippen LogP contribution is -2.48. The summed E-state index contributed by atoms with van der Waals surface area (Å²) >= 11 is 0. The summed E-state index contributed by atoms with van der Waals surface area (Å²) in [6.07, 6.45) is 4.55. The highest BCUT2D eigenvalue weighted by Gasteiger charge is 2.40. The molecule has 134 valence electrons. The van der Waals surface area contributed by atoms with E-state index in [-0.39, 0.29) is 17.8 Å². The van der Waals surface area contributed by atoms with Crippen LogP contribution in [0.25, 0.3) is 5.78 Å². The van der Waals surface area contributed by atoms with Gasteiger partial charge in [-0.15, -0.1) is 5.10 Å². The Balaban J connectivity index is 1.62. The van der Waals surface area contributed by atoms with Crippen molar-refractivity contribution < 1.29 is 4.79 Å². The maximum Gasteiger partial charge on any atom is 0.293 e. The molecule has 0 bridgehead atoms. The smallest absolute Gasteiger partial charge is 0.293 e. The molecule has 1 amide bonds. The zero-order chi connectivity index (χ0) is 17.6. The summed E-state index contributed by atoms with van der Waals surface area (Å²) in [7, 11) is 0. The zero-order valence-electron chi connectivity index (χ0n) is 15.3. The van der Waals surface area contributed by atoms with Crippen LogP contribution in [0.15, 0.2) is 6.07 Å². The van der Waals surface area contributed by atoms with Crippen LogP contribution in [0.4, 0.5) is 0 Å². The number of likely N-dealkylation sites (N-methyl/N-ethyl adjacent to an activating group) is 1. The summed E-state index contributed by atoms with van der Waals surface area (Å²) in [5.41, 5.74) is 1.83. The van der Waals surface area contributed by atoms with Crippen molar-refractivity contribution in [3.8, 4) is 0 Å². The number of amides is 1. The molecular weight excluding hydrogens is 316 g/mol. The molecule has 0 radical (unpaired) electrons. The molecule has 7 heteroatoms. The number of hydrogen-bond acceptors (Lipinski definition) is 5. The number of carbonyl (C=O) groups excluding carboxylic acids is 1. The molecule has 0 aliphatic carbocycles. The van der Waals surface area contributed by atoms with Crippen molar-refractivity contribution >= 4 is 11.7 Å². The molecule has 25 heavy (non-hydrogen) atoms. The van der Waals surface area contributed by atoms with Crippen LogP contribution in [0.1, 0.15) is 54.6 Å². The second-order valence-electron chi connectivity index (χ2n) is 7.23. The van der Waals surface area contributed by atoms with Crippen LogP contribution in [0.5, 0.6) is 0 Å². The molecule has 2 aliphatic rings. The van der Waals surface area contributed by atoms with Crippen LogP contribution in [0.3, 0.4) is 0 Å². The van der Waals surface area contributed by atoms with E-state index in [1.54, 1.807) is 4.52 Å². The first-order valence-corrected chi connectivity index (χ1v) is 9.34. The summed E-state index contributed by atoms with van der Waals surface area (Å²) in [5, 5.41) is 4.44. The number of nitrogens with zero attached hydrogens (tertiary/aromatic N) is 6. The molecule has 4 rings (SSSR count). The summed E-state index contributed by atoms with van der Waals surface area (Å²) in [6.45, 7) is 9.10. The Morgan fingerprint density at radius 3 is 2.72 bits per heavy atom. The van der Waals surface area contributed by atoms with E-state index in [1.807, 2.05) is 24.8 Å². The Bertz CT molecular complexity index is 800. The highest BCUT2D eigenvalue weighted by atomic mass is 16.2. The second kappa shape index (κ2) is 6.37. The predicted octanol–water partition coefficient (Wildman–Crippen LogP) is 1.83. The van der Waals surface area contributed by atoms with Crippen molar-refractivity contribution in [2.45, 2.75) is 58.5 Å². The van der Waals surface area contributed by atoms with E-state index in [1.165, 1.54) is 12.8 Å². The largest absolute Gasteiger partial charge is 0.331 e. The fourth-order valence-electron chi connectivity index (χ4n) is 4.51. The van der Waals surface area contributed by atoms with Gasteiger partial charge in [-0.3, -0.25) is 9.69 Å². The Morgan fingerprint density at radius 2 is 1.92 bits per heavy atom. The molecular formula is C18H26N6O. The number of aryl methyl sites for hydroxylation is 2. The summed E-state index contributed by atoms with van der Waals surface area (Å²) in [6, 6.07) is 2.72. The van der Waals surface area contributed by atoms with E-state index < -0.39 is 0 Å². The van der Waals surface area contributed by atoms with Crippen molar-refractivity contribution in [1.82, 2.24) is 29.4 Å². The molecule has 0 N–H and O–H groups in total. The van der Waals surface area contributed by atoms with Crippen molar-refractivity contribution in [2.75, 3.05) is 19.6 Å². The minimum absolute atomic E-state index is 0.0481. The van der Waals surface area contributed by atoms with Gasteiger partial charge in [0.25, 0.3) is 11.7 Å². The lowest BCUT2D eigenvalue weighted by Gasteiger charge is -2.34. The van der Waals surface area contributed by atoms with Gasteiger partial charge in [0.1, 0.15) is 0 Å². The molecule has 7 nitrogen and oxygen atoms in total. The maximum absolute atomic E-state index is 13.1. The first-order valence-electron chi connectivity index (χ1n) is 9.34. The summed E-state index contributed by atoms with van der Waals surface area (Å²) in [4.78, 5) is 26.5. The van der Waals surface area contributed by atoms with Gasteiger partial charge >= 0.3 is 0 Å². The average molecular weight is 342 g/mol. The third kappa shape index (κ3) is 2.80. The van der Waals surface area contributed by atoms with E-state index in [4.69, 9.17) is 0 Å². The van der Waals surface area contributed by atoms with Gasteiger partial charge in [-0.05, 0) is 58.7 Å². The number of rotatable bonds is 3. The van der Waals surface area contributed by atoms with Gasteiger partial charge in [-0.2, -0.15) is 4.98 Å². The van der Waals surface area contributed by atoms with E-state index >= 15 is 0 Å². The number of fused-ring (bicyclic) bond motifs is 1. The van der Waals surface area contributed by atoms with Gasteiger partial charge in [0, 0.05) is 30.0 Å². The number of carbonyl (C=O) groups is 1. The van der Waals surface area contributed by atoms with Crippen molar-refractivity contribution in [3.63, 3.8) is 0 Å². The van der Waals surface area contributed by atoms with Crippen LogP contribution in [0.2, 0.25) is 0 Å². The highest BCUT2D eigenvalue weighted by Crippen LogP contribution is 2.30. The van der Waals surface area contributed by atoms with Crippen molar-refractivity contribution in [2.24, 2.45) is 0 Å². The highest BCUT2D eigenvalue weighted by molar-refractivity contribution is 5.91. The van der Waals surface area contributed by atoms with Crippen LogP contribution < -0.4 is 0 Å². The molecule has 2 aliphatic heterocycles. The zero-order valence-corrected chi connectivity index (χ0v) is 15.3. The monoisotopic (exact) mass is 342 g/mol. The normalized spacial score (nSPS) is 24.5. The van der Waals surface area contributed by atoms with E-state index in [0.717, 1.165) is 43.9 Å². The van der Waals surface area contributed by atoms with Crippen LogP contribution in [-0.4, -0.2) is 67.0 Å². The lowest BCUT2D eigenvalue weighted by atomic mass is 10.0. The van der Waals surface area contributed by atoms with Gasteiger partial charge in [-0.25, -0.2) is 9.50 Å². The molecule has 0 unspecified atom stereocenters. The fourth-order valence-corrected chi connectivity index (χ4v) is 4.51. The number of hydrogen-bond donors (Lipinski definition) is 0. The predicted molar refractivity (Wildman–Crippen MR) is 94.6 cm³/mol. The fraction of sp³-hybridized carbons (Fsp3) is 0.667. The Labute approximate surface area is 148 Å². The third-order valence-corrected chi connectivity index (χ3v) is 5.63. The van der Waals surface area contributed by atoms with E-state index in [2.05, 4.69) is 26.9 Å². The van der Waals surface area contributed by atoms with Crippen molar-refractivity contribution in [3.05, 3.63) is 23.3 Å². The van der Waals surface area contributed by atoms with Gasteiger partial charge in [-0.1, -0.05) is 6.92 Å². The van der Waals surface area contributed by atoms with Gasteiger partial charge in [0.2, 0.25) is 5.82 Å². The van der Waals surface area contributed by atoms with E-state index in [0.29, 0.717) is 11.8 Å². The third-order valence-electron chi connectivity index (χ3n) is 5.63. The number of likely N-dealkylation sites (tertiary alicyclic amines) is 2.